The lowest BCUT2D eigenvalue weighted by atomic mass is 9.93. The molecule has 0 fully saturated rings. The van der Waals surface area contributed by atoms with Crippen LogP contribution in [0.3, 0.4) is 0 Å². The summed E-state index contributed by atoms with van der Waals surface area (Å²) in [6.07, 6.45) is 2.24. The van der Waals surface area contributed by atoms with Crippen LogP contribution in [0.4, 0.5) is 0 Å². The van der Waals surface area contributed by atoms with Crippen molar-refractivity contribution in [2.24, 2.45) is 7.05 Å². The predicted molar refractivity (Wildman–Crippen MR) is 68.5 cm³/mol. The molecule has 0 amide bonds. The minimum absolute atomic E-state index is 0.416. The Labute approximate surface area is 106 Å². The van der Waals surface area contributed by atoms with Gasteiger partial charge in [-0.1, -0.05) is 29.8 Å². The number of aromatic nitrogens is 2. The maximum Gasteiger partial charge on any atom is 0.311 e. The third-order valence-electron chi connectivity index (χ3n) is 2.92. The van der Waals surface area contributed by atoms with Crippen molar-refractivity contribution in [1.82, 2.24) is 9.78 Å². The summed E-state index contributed by atoms with van der Waals surface area (Å²) in [5.74, 6) is -1.36. The number of nitrogens with zero attached hydrogens (tertiary/aromatic N) is 2. The molecule has 94 valence electrons. The molecular formula is C14H16N2O2. The van der Waals surface area contributed by atoms with E-state index in [-0.39, 0.29) is 0 Å². The first-order chi connectivity index (χ1) is 8.56. The molecule has 1 aromatic carbocycles. The summed E-state index contributed by atoms with van der Waals surface area (Å²) in [5.41, 5.74) is 2.69. The number of benzene rings is 1. The smallest absolute Gasteiger partial charge is 0.311 e. The molecule has 1 unspecified atom stereocenters. The molecule has 0 saturated carbocycles. The van der Waals surface area contributed by atoms with Gasteiger partial charge in [0.25, 0.3) is 0 Å². The van der Waals surface area contributed by atoms with Crippen LogP contribution in [0.1, 0.15) is 22.7 Å². The van der Waals surface area contributed by atoms with E-state index >= 15 is 0 Å². The van der Waals surface area contributed by atoms with Gasteiger partial charge < -0.3 is 5.11 Å². The highest BCUT2D eigenvalue weighted by Gasteiger charge is 2.21. The second-order valence-corrected chi connectivity index (χ2v) is 4.49. The predicted octanol–water partition coefficient (Wildman–Crippen LogP) is 2.14. The van der Waals surface area contributed by atoms with Crippen molar-refractivity contribution in [1.29, 1.82) is 0 Å². The summed E-state index contributed by atoms with van der Waals surface area (Å²) in [7, 11) is 1.83. The molecule has 0 spiro atoms. The molecule has 0 aliphatic carbocycles. The second-order valence-electron chi connectivity index (χ2n) is 4.49. The lowest BCUT2D eigenvalue weighted by Gasteiger charge is -2.12. The van der Waals surface area contributed by atoms with Crippen LogP contribution in [0.5, 0.6) is 0 Å². The number of rotatable bonds is 4. The topological polar surface area (TPSA) is 55.1 Å². The molecule has 1 aromatic heterocycles. The Balaban J connectivity index is 2.26. The van der Waals surface area contributed by atoms with Crippen LogP contribution in [-0.4, -0.2) is 20.9 Å². The van der Waals surface area contributed by atoms with Crippen molar-refractivity contribution in [3.63, 3.8) is 0 Å². The van der Waals surface area contributed by atoms with Crippen molar-refractivity contribution < 1.29 is 9.90 Å². The van der Waals surface area contributed by atoms with Crippen LogP contribution < -0.4 is 0 Å². The zero-order valence-corrected chi connectivity index (χ0v) is 10.5. The Hall–Kier alpha value is -2.10. The van der Waals surface area contributed by atoms with Gasteiger partial charge in [0.15, 0.2) is 0 Å². The Morgan fingerprint density at radius 3 is 2.78 bits per heavy atom. The SMILES string of the molecule is Cc1cccc(C(Cc2ccn(C)n2)C(=O)O)c1. The van der Waals surface area contributed by atoms with E-state index in [0.717, 1.165) is 16.8 Å². The number of hydrogen-bond donors (Lipinski definition) is 1. The van der Waals surface area contributed by atoms with Gasteiger partial charge in [0.1, 0.15) is 0 Å². The fraction of sp³-hybridized carbons (Fsp3) is 0.286. The van der Waals surface area contributed by atoms with Crippen molar-refractivity contribution in [2.45, 2.75) is 19.3 Å². The number of aliphatic carboxylic acids is 1. The van der Waals surface area contributed by atoms with Gasteiger partial charge in [0, 0.05) is 19.7 Å². The van der Waals surface area contributed by atoms with E-state index in [9.17, 15) is 9.90 Å². The first-order valence-corrected chi connectivity index (χ1v) is 5.84. The number of carbonyl (C=O) groups is 1. The molecule has 4 nitrogen and oxygen atoms in total. The molecule has 4 heteroatoms. The highest BCUT2D eigenvalue weighted by atomic mass is 16.4. The van der Waals surface area contributed by atoms with Crippen LogP contribution in [0.2, 0.25) is 0 Å². The van der Waals surface area contributed by atoms with E-state index in [0.29, 0.717) is 6.42 Å². The highest BCUT2D eigenvalue weighted by Crippen LogP contribution is 2.21. The Morgan fingerprint density at radius 1 is 1.44 bits per heavy atom. The van der Waals surface area contributed by atoms with E-state index < -0.39 is 11.9 Å². The Bertz CT molecular complexity index is 560. The van der Waals surface area contributed by atoms with Crippen LogP contribution >= 0.6 is 0 Å². The molecule has 18 heavy (non-hydrogen) atoms. The Morgan fingerprint density at radius 2 is 2.22 bits per heavy atom. The molecule has 0 aliphatic heterocycles. The summed E-state index contributed by atoms with van der Waals surface area (Å²) in [4.78, 5) is 11.4. The monoisotopic (exact) mass is 244 g/mol. The van der Waals surface area contributed by atoms with Gasteiger partial charge in [0.2, 0.25) is 0 Å². The average Bonchev–Trinajstić information content (AvgIpc) is 2.71. The van der Waals surface area contributed by atoms with Crippen molar-refractivity contribution in [2.75, 3.05) is 0 Å². The van der Waals surface area contributed by atoms with Gasteiger partial charge in [-0.3, -0.25) is 9.48 Å². The van der Waals surface area contributed by atoms with Gasteiger partial charge in [-0.15, -0.1) is 0 Å². The maximum absolute atomic E-state index is 11.4. The molecule has 0 saturated heterocycles. The van der Waals surface area contributed by atoms with E-state index in [1.54, 1.807) is 4.68 Å². The van der Waals surface area contributed by atoms with Crippen LogP contribution in [0.25, 0.3) is 0 Å². The summed E-state index contributed by atoms with van der Waals surface area (Å²) >= 11 is 0. The third-order valence-corrected chi connectivity index (χ3v) is 2.92. The normalized spacial score (nSPS) is 12.3. The van der Waals surface area contributed by atoms with Crippen LogP contribution in [0, 0.1) is 6.92 Å². The van der Waals surface area contributed by atoms with Gasteiger partial charge >= 0.3 is 5.97 Å². The zero-order valence-electron chi connectivity index (χ0n) is 10.5. The highest BCUT2D eigenvalue weighted by molar-refractivity contribution is 5.76. The zero-order chi connectivity index (χ0) is 13.1. The van der Waals surface area contributed by atoms with Crippen molar-refractivity contribution >= 4 is 5.97 Å². The van der Waals surface area contributed by atoms with Crippen LogP contribution in [0.15, 0.2) is 36.5 Å². The van der Waals surface area contributed by atoms with Gasteiger partial charge in [0.05, 0.1) is 11.6 Å². The minimum atomic E-state index is -0.814. The summed E-state index contributed by atoms with van der Waals surface area (Å²) in [5, 5.41) is 13.6. The number of carboxylic acids is 1. The summed E-state index contributed by atoms with van der Waals surface area (Å²) in [6.45, 7) is 1.96. The van der Waals surface area contributed by atoms with E-state index in [2.05, 4.69) is 5.10 Å². The Kier molecular flexibility index (Phi) is 3.46. The standard InChI is InChI=1S/C14H16N2O2/c1-10-4-3-5-11(8-10)13(14(17)18)9-12-6-7-16(2)15-12/h3-8,13H,9H2,1-2H3,(H,17,18). The van der Waals surface area contributed by atoms with Crippen molar-refractivity contribution in [3.8, 4) is 0 Å². The molecule has 2 aromatic rings. The summed E-state index contributed by atoms with van der Waals surface area (Å²) < 4.78 is 1.69. The van der Waals surface area contributed by atoms with Crippen LogP contribution in [-0.2, 0) is 18.3 Å². The largest absolute Gasteiger partial charge is 0.481 e. The van der Waals surface area contributed by atoms with Gasteiger partial charge in [-0.25, -0.2) is 0 Å². The minimum Gasteiger partial charge on any atom is -0.481 e. The van der Waals surface area contributed by atoms with Crippen molar-refractivity contribution in [3.05, 3.63) is 53.3 Å². The maximum atomic E-state index is 11.4. The molecule has 1 N–H and O–H groups in total. The lowest BCUT2D eigenvalue weighted by Crippen LogP contribution is -2.15. The molecule has 1 atom stereocenters. The average molecular weight is 244 g/mol. The fourth-order valence-corrected chi connectivity index (χ4v) is 2.02. The third kappa shape index (κ3) is 2.77. The van der Waals surface area contributed by atoms with E-state index in [1.807, 2.05) is 50.5 Å². The van der Waals surface area contributed by atoms with Gasteiger partial charge in [-0.05, 0) is 18.6 Å². The lowest BCUT2D eigenvalue weighted by molar-refractivity contribution is -0.138. The van der Waals surface area contributed by atoms with Gasteiger partial charge in [-0.2, -0.15) is 5.10 Å². The first kappa shape index (κ1) is 12.4. The molecule has 0 radical (unpaired) electrons. The van der Waals surface area contributed by atoms with E-state index in [4.69, 9.17) is 0 Å². The molecular weight excluding hydrogens is 228 g/mol. The second kappa shape index (κ2) is 5.04. The first-order valence-electron chi connectivity index (χ1n) is 5.84. The molecule has 1 heterocycles. The number of carboxylic acid groups (broad SMARTS) is 1. The number of aryl methyl sites for hydroxylation is 2. The molecule has 0 bridgehead atoms. The van der Waals surface area contributed by atoms with E-state index in [1.165, 1.54) is 0 Å². The number of hydrogen-bond acceptors (Lipinski definition) is 2. The quantitative estimate of drug-likeness (QED) is 0.896. The summed E-state index contributed by atoms with van der Waals surface area (Å²) in [6, 6.07) is 9.48. The molecule has 0 aliphatic rings. The molecule has 2 rings (SSSR count). The fourth-order valence-electron chi connectivity index (χ4n) is 2.02.